The Balaban J connectivity index is 1.91. The van der Waals surface area contributed by atoms with Gasteiger partial charge in [-0.2, -0.15) is 5.26 Å². The van der Waals surface area contributed by atoms with Crippen molar-refractivity contribution in [1.29, 1.82) is 5.26 Å². The molecule has 8 heteroatoms. The van der Waals surface area contributed by atoms with Gasteiger partial charge < -0.3 is 5.32 Å². The van der Waals surface area contributed by atoms with Gasteiger partial charge in [0.2, 0.25) is 0 Å². The number of nitro groups is 1. The molecule has 1 amide bonds. The molecule has 0 aliphatic heterocycles. The monoisotopic (exact) mass is 375 g/mol. The van der Waals surface area contributed by atoms with E-state index in [9.17, 15) is 20.2 Å². The third-order valence-corrected chi connectivity index (χ3v) is 5.74. The van der Waals surface area contributed by atoms with E-state index in [1.807, 2.05) is 0 Å². The molecule has 0 saturated heterocycles. The van der Waals surface area contributed by atoms with Crippen LogP contribution in [-0.4, -0.2) is 10.8 Å². The van der Waals surface area contributed by atoms with Gasteiger partial charge in [0.1, 0.15) is 16.1 Å². The maximum atomic E-state index is 12.5. The van der Waals surface area contributed by atoms with Crippen molar-refractivity contribution >= 4 is 39.5 Å². The van der Waals surface area contributed by atoms with Crippen LogP contribution in [0.25, 0.3) is 0 Å². The highest BCUT2D eigenvalue weighted by atomic mass is 35.5. The van der Waals surface area contributed by atoms with Crippen molar-refractivity contribution in [3.63, 3.8) is 0 Å². The van der Waals surface area contributed by atoms with Gasteiger partial charge in [-0.15, -0.1) is 11.3 Å². The molecule has 0 spiro atoms. The van der Waals surface area contributed by atoms with Crippen LogP contribution in [0.15, 0.2) is 18.2 Å². The Morgan fingerprint density at radius 3 is 2.96 bits per heavy atom. The van der Waals surface area contributed by atoms with Gasteiger partial charge in [-0.05, 0) is 42.9 Å². The average molecular weight is 376 g/mol. The molecule has 3 rings (SSSR count). The van der Waals surface area contributed by atoms with Crippen LogP contribution in [0.1, 0.15) is 39.7 Å². The Labute approximate surface area is 153 Å². The van der Waals surface area contributed by atoms with E-state index in [-0.39, 0.29) is 16.3 Å². The second-order valence-electron chi connectivity index (χ2n) is 6.05. The molecule has 0 fully saturated rings. The zero-order valence-electron chi connectivity index (χ0n) is 13.3. The van der Waals surface area contributed by atoms with Gasteiger partial charge in [-0.25, -0.2) is 0 Å². The number of carbonyl (C=O) groups excluding carboxylic acids is 1. The van der Waals surface area contributed by atoms with Gasteiger partial charge in [0, 0.05) is 16.5 Å². The van der Waals surface area contributed by atoms with E-state index in [4.69, 9.17) is 11.6 Å². The lowest BCUT2D eigenvalue weighted by Gasteiger charge is -2.17. The number of thiophene rings is 1. The van der Waals surface area contributed by atoms with Gasteiger partial charge in [0.15, 0.2) is 0 Å². The predicted octanol–water partition coefficient (Wildman–Crippen LogP) is 4.56. The maximum Gasteiger partial charge on any atom is 0.288 e. The van der Waals surface area contributed by atoms with E-state index in [0.29, 0.717) is 16.5 Å². The summed E-state index contributed by atoms with van der Waals surface area (Å²) in [5.74, 6) is 0.0584. The van der Waals surface area contributed by atoms with Gasteiger partial charge in [0.25, 0.3) is 11.6 Å². The van der Waals surface area contributed by atoms with Crippen LogP contribution < -0.4 is 5.32 Å². The Kier molecular flexibility index (Phi) is 4.75. The molecular weight excluding hydrogens is 362 g/mol. The number of nitrogens with one attached hydrogen (secondary N) is 1. The average Bonchev–Trinajstić information content (AvgIpc) is 2.90. The minimum absolute atomic E-state index is 0.0279. The maximum absolute atomic E-state index is 12.5. The highest BCUT2D eigenvalue weighted by Gasteiger charge is 2.25. The van der Waals surface area contributed by atoms with E-state index in [2.05, 4.69) is 18.3 Å². The number of rotatable bonds is 3. The summed E-state index contributed by atoms with van der Waals surface area (Å²) >= 11 is 7.18. The van der Waals surface area contributed by atoms with Crippen molar-refractivity contribution in [2.24, 2.45) is 5.92 Å². The number of carbonyl (C=O) groups is 1. The highest BCUT2D eigenvalue weighted by molar-refractivity contribution is 7.16. The number of hydrogen-bond donors (Lipinski definition) is 1. The first-order valence-electron chi connectivity index (χ1n) is 7.70. The van der Waals surface area contributed by atoms with Gasteiger partial charge in [-0.3, -0.25) is 14.9 Å². The number of halogens is 1. The topological polar surface area (TPSA) is 96.0 Å². The minimum atomic E-state index is -0.634. The quantitative estimate of drug-likeness (QED) is 0.628. The Bertz CT molecular complexity index is 917. The van der Waals surface area contributed by atoms with Crippen LogP contribution in [0.4, 0.5) is 10.7 Å². The number of nitro benzene ring substituents is 1. The summed E-state index contributed by atoms with van der Waals surface area (Å²) in [4.78, 5) is 23.9. The number of hydrogen-bond acceptors (Lipinski definition) is 5. The highest BCUT2D eigenvalue weighted by Crippen LogP contribution is 2.39. The molecule has 0 radical (unpaired) electrons. The van der Waals surface area contributed by atoms with Crippen molar-refractivity contribution in [2.45, 2.75) is 26.2 Å². The number of amides is 1. The zero-order valence-corrected chi connectivity index (χ0v) is 14.9. The van der Waals surface area contributed by atoms with Gasteiger partial charge >= 0.3 is 0 Å². The third kappa shape index (κ3) is 3.36. The van der Waals surface area contributed by atoms with E-state index < -0.39 is 10.8 Å². The van der Waals surface area contributed by atoms with Crippen LogP contribution >= 0.6 is 22.9 Å². The number of nitrogens with zero attached hydrogens (tertiary/aromatic N) is 2. The molecule has 0 bridgehead atoms. The molecule has 0 saturated carbocycles. The zero-order chi connectivity index (χ0) is 18.1. The summed E-state index contributed by atoms with van der Waals surface area (Å²) in [6.07, 6.45) is 2.75. The standard InChI is InChI=1S/C17H14ClN3O3S/c1-9-2-4-11-12(8-19)17(25-15(11)6-9)20-16(22)10-3-5-13(18)14(7-10)21(23)24/h3,5,7,9H,2,4,6H2,1H3,(H,20,22)/t9-/m0/s1. The molecule has 1 aromatic carbocycles. The lowest BCUT2D eigenvalue weighted by Crippen LogP contribution is -2.12. The fourth-order valence-corrected chi connectivity index (χ4v) is 4.47. The lowest BCUT2D eigenvalue weighted by molar-refractivity contribution is -0.384. The summed E-state index contributed by atoms with van der Waals surface area (Å²) in [6.45, 7) is 2.17. The lowest BCUT2D eigenvalue weighted by atomic mass is 9.88. The second kappa shape index (κ2) is 6.82. The molecule has 1 aliphatic carbocycles. The SMILES string of the molecule is C[C@H]1CCc2c(sc(NC(=O)c3ccc(Cl)c([N+](=O)[O-])c3)c2C#N)C1. The van der Waals surface area contributed by atoms with E-state index in [1.54, 1.807) is 0 Å². The molecule has 1 heterocycles. The largest absolute Gasteiger partial charge is 0.312 e. The summed E-state index contributed by atoms with van der Waals surface area (Å²) in [7, 11) is 0. The summed E-state index contributed by atoms with van der Waals surface area (Å²) < 4.78 is 0. The number of fused-ring (bicyclic) bond motifs is 1. The van der Waals surface area contributed by atoms with Crippen molar-refractivity contribution < 1.29 is 9.72 Å². The minimum Gasteiger partial charge on any atom is -0.312 e. The summed E-state index contributed by atoms with van der Waals surface area (Å²) in [6, 6.07) is 6.06. The van der Waals surface area contributed by atoms with Crippen molar-refractivity contribution in [1.82, 2.24) is 0 Å². The van der Waals surface area contributed by atoms with Crippen molar-refractivity contribution in [3.05, 3.63) is 54.9 Å². The molecule has 1 N–H and O–H groups in total. The molecule has 1 atom stereocenters. The van der Waals surface area contributed by atoms with Crippen LogP contribution in [-0.2, 0) is 12.8 Å². The Morgan fingerprint density at radius 2 is 2.28 bits per heavy atom. The first kappa shape index (κ1) is 17.4. The molecule has 25 heavy (non-hydrogen) atoms. The third-order valence-electron chi connectivity index (χ3n) is 4.26. The van der Waals surface area contributed by atoms with E-state index in [0.717, 1.165) is 35.8 Å². The Morgan fingerprint density at radius 1 is 1.52 bits per heavy atom. The Hall–Kier alpha value is -2.43. The number of anilines is 1. The molecule has 0 unspecified atom stereocenters. The van der Waals surface area contributed by atoms with Crippen LogP contribution in [0.5, 0.6) is 0 Å². The van der Waals surface area contributed by atoms with Crippen LogP contribution in [0.2, 0.25) is 5.02 Å². The fourth-order valence-electron chi connectivity index (χ4n) is 2.93. The van der Waals surface area contributed by atoms with E-state index >= 15 is 0 Å². The fraction of sp³-hybridized carbons (Fsp3) is 0.294. The smallest absolute Gasteiger partial charge is 0.288 e. The summed E-state index contributed by atoms with van der Waals surface area (Å²) in [5.41, 5.74) is 1.32. The van der Waals surface area contributed by atoms with Crippen molar-refractivity contribution in [2.75, 3.05) is 5.32 Å². The first-order chi connectivity index (χ1) is 11.9. The van der Waals surface area contributed by atoms with Gasteiger partial charge in [0.05, 0.1) is 10.5 Å². The van der Waals surface area contributed by atoms with E-state index in [1.165, 1.54) is 23.5 Å². The van der Waals surface area contributed by atoms with Gasteiger partial charge in [-0.1, -0.05) is 18.5 Å². The predicted molar refractivity (Wildman–Crippen MR) is 96.3 cm³/mol. The van der Waals surface area contributed by atoms with Crippen molar-refractivity contribution in [3.8, 4) is 6.07 Å². The molecule has 6 nitrogen and oxygen atoms in total. The second-order valence-corrected chi connectivity index (χ2v) is 7.56. The summed E-state index contributed by atoms with van der Waals surface area (Å²) in [5, 5.41) is 23.6. The molecule has 128 valence electrons. The first-order valence-corrected chi connectivity index (χ1v) is 8.90. The van der Waals surface area contributed by atoms with Crippen LogP contribution in [0, 0.1) is 27.4 Å². The molecule has 1 aliphatic rings. The molecule has 1 aromatic heterocycles. The van der Waals surface area contributed by atoms with Crippen LogP contribution in [0.3, 0.4) is 0 Å². The number of nitriles is 1. The number of benzene rings is 1. The molecular formula is C17H14ClN3O3S. The normalized spacial score (nSPS) is 16.0. The molecule has 2 aromatic rings.